The Balaban J connectivity index is 1.39. The van der Waals surface area contributed by atoms with Gasteiger partial charge in [-0.1, -0.05) is 0 Å². The van der Waals surface area contributed by atoms with Crippen LogP contribution in [-0.2, 0) is 14.8 Å². The summed E-state index contributed by atoms with van der Waals surface area (Å²) >= 11 is 0. The van der Waals surface area contributed by atoms with Crippen LogP contribution in [0.3, 0.4) is 0 Å². The number of nitrogens with one attached hydrogen (secondary N) is 2. The van der Waals surface area contributed by atoms with E-state index in [1.165, 1.54) is 12.1 Å². The molecule has 2 N–H and O–H groups in total. The van der Waals surface area contributed by atoms with E-state index in [2.05, 4.69) is 10.0 Å². The van der Waals surface area contributed by atoms with Crippen molar-refractivity contribution in [3.63, 3.8) is 0 Å². The number of fused-ring (bicyclic) bond motifs is 1. The largest absolute Gasteiger partial charge is 0.454 e. The summed E-state index contributed by atoms with van der Waals surface area (Å²) in [6.07, 6.45) is 1.73. The van der Waals surface area contributed by atoms with Crippen LogP contribution in [0.1, 0.15) is 23.2 Å². The molecule has 1 unspecified atom stereocenters. The molecule has 28 heavy (non-hydrogen) atoms. The molecule has 4 rings (SSSR count). The Morgan fingerprint density at radius 1 is 1.07 bits per heavy atom. The number of carbonyl (C=O) groups is 1. The minimum Gasteiger partial charge on any atom is -0.454 e. The second-order valence-electron chi connectivity index (χ2n) is 6.53. The average Bonchev–Trinajstić information content (AvgIpc) is 3.38. The molecule has 1 amide bonds. The Hall–Kier alpha value is -2.62. The van der Waals surface area contributed by atoms with Gasteiger partial charge in [-0.3, -0.25) is 4.79 Å². The van der Waals surface area contributed by atoms with E-state index in [-0.39, 0.29) is 30.2 Å². The number of carbonyl (C=O) groups excluding carboxylic acids is 1. The predicted octanol–water partition coefficient (Wildman–Crippen LogP) is 2.12. The van der Waals surface area contributed by atoms with Crippen LogP contribution in [0.5, 0.6) is 11.5 Å². The first-order valence-electron chi connectivity index (χ1n) is 8.94. The number of hydrogen-bond acceptors (Lipinski definition) is 6. The highest BCUT2D eigenvalue weighted by Gasteiger charge is 2.20. The smallest absolute Gasteiger partial charge is 0.255 e. The van der Waals surface area contributed by atoms with E-state index in [4.69, 9.17) is 14.2 Å². The van der Waals surface area contributed by atoms with Crippen LogP contribution in [0.2, 0.25) is 0 Å². The molecule has 1 atom stereocenters. The molecule has 0 aromatic heterocycles. The van der Waals surface area contributed by atoms with Crippen LogP contribution < -0.4 is 19.5 Å². The normalized spacial score (nSPS) is 18.2. The van der Waals surface area contributed by atoms with Crippen molar-refractivity contribution in [3.8, 4) is 11.5 Å². The SMILES string of the molecule is O=C(Nc1ccc(S(=O)(=O)NCC2CCCO2)cc1)c1ccc2c(c1)OCO2. The molecule has 8 nitrogen and oxygen atoms in total. The lowest BCUT2D eigenvalue weighted by Crippen LogP contribution is -2.31. The Bertz CT molecular complexity index is 968. The summed E-state index contributed by atoms with van der Waals surface area (Å²) in [4.78, 5) is 12.5. The zero-order valence-electron chi connectivity index (χ0n) is 15.0. The molecule has 0 bridgehead atoms. The van der Waals surface area contributed by atoms with Crippen molar-refractivity contribution in [2.24, 2.45) is 0 Å². The van der Waals surface area contributed by atoms with Crippen LogP contribution in [0.15, 0.2) is 47.4 Å². The topological polar surface area (TPSA) is 103 Å². The van der Waals surface area contributed by atoms with E-state index >= 15 is 0 Å². The zero-order chi connectivity index (χ0) is 19.6. The summed E-state index contributed by atoms with van der Waals surface area (Å²) in [5.41, 5.74) is 0.903. The lowest BCUT2D eigenvalue weighted by Gasteiger charge is -2.12. The summed E-state index contributed by atoms with van der Waals surface area (Å²) in [7, 11) is -3.63. The van der Waals surface area contributed by atoms with Crippen molar-refractivity contribution in [2.75, 3.05) is 25.3 Å². The zero-order valence-corrected chi connectivity index (χ0v) is 15.8. The minimum absolute atomic E-state index is 0.0740. The Labute approximate surface area is 162 Å². The first-order valence-corrected chi connectivity index (χ1v) is 10.4. The lowest BCUT2D eigenvalue weighted by atomic mass is 10.2. The van der Waals surface area contributed by atoms with Gasteiger partial charge < -0.3 is 19.5 Å². The molecule has 0 saturated carbocycles. The summed E-state index contributed by atoms with van der Waals surface area (Å²) in [6, 6.07) is 10.9. The maximum absolute atomic E-state index is 12.4. The van der Waals surface area contributed by atoms with Gasteiger partial charge in [0.1, 0.15) is 0 Å². The van der Waals surface area contributed by atoms with Gasteiger partial charge in [-0.25, -0.2) is 13.1 Å². The number of ether oxygens (including phenoxy) is 3. The Morgan fingerprint density at radius 2 is 1.86 bits per heavy atom. The molecule has 148 valence electrons. The molecular formula is C19H20N2O6S. The third-order valence-corrected chi connectivity index (χ3v) is 6.02. The van der Waals surface area contributed by atoms with Gasteiger partial charge in [0, 0.05) is 24.4 Å². The first kappa shape index (κ1) is 18.7. The van der Waals surface area contributed by atoms with Crippen LogP contribution in [0.4, 0.5) is 5.69 Å². The van der Waals surface area contributed by atoms with Crippen molar-refractivity contribution < 1.29 is 27.4 Å². The van der Waals surface area contributed by atoms with Crippen molar-refractivity contribution in [3.05, 3.63) is 48.0 Å². The molecule has 1 fully saturated rings. The van der Waals surface area contributed by atoms with Crippen LogP contribution in [0, 0.1) is 0 Å². The number of benzene rings is 2. The maximum Gasteiger partial charge on any atom is 0.255 e. The van der Waals surface area contributed by atoms with Crippen molar-refractivity contribution in [2.45, 2.75) is 23.8 Å². The molecule has 2 aromatic carbocycles. The van der Waals surface area contributed by atoms with Gasteiger partial charge in [-0.15, -0.1) is 0 Å². The van der Waals surface area contributed by atoms with Gasteiger partial charge in [0.25, 0.3) is 5.91 Å². The molecular weight excluding hydrogens is 384 g/mol. The molecule has 0 aliphatic carbocycles. The number of amides is 1. The monoisotopic (exact) mass is 404 g/mol. The average molecular weight is 404 g/mol. The third kappa shape index (κ3) is 4.11. The van der Waals surface area contributed by atoms with Gasteiger partial charge in [0.15, 0.2) is 11.5 Å². The maximum atomic E-state index is 12.4. The minimum atomic E-state index is -3.63. The van der Waals surface area contributed by atoms with Crippen molar-refractivity contribution in [1.29, 1.82) is 0 Å². The Kier molecular flexibility index (Phi) is 5.21. The standard InChI is InChI=1S/C19H20N2O6S/c22-19(13-3-8-17-18(10-13)27-12-26-17)21-14-4-6-16(7-5-14)28(23,24)20-11-15-2-1-9-25-15/h3-8,10,15,20H,1-2,9,11-12H2,(H,21,22). The van der Waals surface area contributed by atoms with Gasteiger partial charge in [-0.05, 0) is 55.3 Å². The van der Waals surface area contributed by atoms with E-state index in [9.17, 15) is 13.2 Å². The molecule has 1 saturated heterocycles. The molecule has 2 aromatic rings. The van der Waals surface area contributed by atoms with E-state index in [1.807, 2.05) is 0 Å². The van der Waals surface area contributed by atoms with Gasteiger partial charge >= 0.3 is 0 Å². The lowest BCUT2D eigenvalue weighted by molar-refractivity contribution is 0.102. The first-order chi connectivity index (χ1) is 13.5. The van der Waals surface area contributed by atoms with Crippen molar-refractivity contribution in [1.82, 2.24) is 4.72 Å². The Morgan fingerprint density at radius 3 is 2.61 bits per heavy atom. The van der Waals surface area contributed by atoms with Gasteiger partial charge in [-0.2, -0.15) is 0 Å². The third-order valence-electron chi connectivity index (χ3n) is 4.58. The fourth-order valence-electron chi connectivity index (χ4n) is 3.05. The molecule has 2 aliphatic rings. The van der Waals surface area contributed by atoms with Gasteiger partial charge in [0.05, 0.1) is 11.0 Å². The predicted molar refractivity (Wildman–Crippen MR) is 101 cm³/mol. The summed E-state index contributed by atoms with van der Waals surface area (Å²) < 4.78 is 43.2. The fourth-order valence-corrected chi connectivity index (χ4v) is 4.12. The molecule has 0 radical (unpaired) electrons. The summed E-state index contributed by atoms with van der Waals surface area (Å²) in [5.74, 6) is 0.790. The van der Waals surface area contributed by atoms with Crippen LogP contribution >= 0.6 is 0 Å². The molecule has 2 heterocycles. The van der Waals surface area contributed by atoms with E-state index in [0.29, 0.717) is 29.4 Å². The molecule has 2 aliphatic heterocycles. The number of anilines is 1. The number of hydrogen-bond donors (Lipinski definition) is 2. The highest BCUT2D eigenvalue weighted by Crippen LogP contribution is 2.32. The fraction of sp³-hybridized carbons (Fsp3) is 0.316. The second-order valence-corrected chi connectivity index (χ2v) is 8.30. The quantitative estimate of drug-likeness (QED) is 0.765. The van der Waals surface area contributed by atoms with Gasteiger partial charge in [0.2, 0.25) is 16.8 Å². The highest BCUT2D eigenvalue weighted by atomic mass is 32.2. The second kappa shape index (κ2) is 7.78. The number of sulfonamides is 1. The number of rotatable bonds is 6. The molecule has 9 heteroatoms. The van der Waals surface area contributed by atoms with E-state index in [0.717, 1.165) is 12.8 Å². The summed E-state index contributed by atoms with van der Waals surface area (Å²) in [6.45, 7) is 1.06. The highest BCUT2D eigenvalue weighted by molar-refractivity contribution is 7.89. The van der Waals surface area contributed by atoms with Crippen molar-refractivity contribution >= 4 is 21.6 Å². The molecule has 0 spiro atoms. The van der Waals surface area contributed by atoms with E-state index in [1.54, 1.807) is 30.3 Å². The van der Waals surface area contributed by atoms with Crippen LogP contribution in [0.25, 0.3) is 0 Å². The summed E-state index contributed by atoms with van der Waals surface area (Å²) in [5, 5.41) is 2.73. The van der Waals surface area contributed by atoms with Crippen LogP contribution in [-0.4, -0.2) is 40.4 Å². The van der Waals surface area contributed by atoms with E-state index < -0.39 is 10.0 Å².